The summed E-state index contributed by atoms with van der Waals surface area (Å²) in [6, 6.07) is 9.62. The van der Waals surface area contributed by atoms with E-state index in [1.54, 1.807) is 15.9 Å². The Morgan fingerprint density at radius 3 is 3.00 bits per heavy atom. The van der Waals surface area contributed by atoms with Gasteiger partial charge in [0.25, 0.3) is 0 Å². The average molecular weight is 378 g/mol. The molecule has 27 heavy (non-hydrogen) atoms. The Bertz CT molecular complexity index is 1160. The van der Waals surface area contributed by atoms with Crippen LogP contribution in [-0.4, -0.2) is 38.1 Å². The van der Waals surface area contributed by atoms with Gasteiger partial charge in [-0.15, -0.1) is 16.4 Å². The highest BCUT2D eigenvalue weighted by molar-refractivity contribution is 7.10. The van der Waals surface area contributed by atoms with Crippen molar-refractivity contribution in [2.45, 2.75) is 25.8 Å². The van der Waals surface area contributed by atoms with Crippen molar-refractivity contribution in [3.8, 4) is 11.4 Å². The summed E-state index contributed by atoms with van der Waals surface area (Å²) in [5.41, 5.74) is 2.55. The molecule has 1 amide bonds. The number of hydrogen-bond donors (Lipinski definition) is 2. The molecule has 0 radical (unpaired) electrons. The molecule has 4 aromatic rings. The maximum atomic E-state index is 12.2. The Kier molecular flexibility index (Phi) is 3.78. The Morgan fingerprint density at radius 1 is 1.30 bits per heavy atom. The molecule has 1 aliphatic heterocycles. The number of nitrogens with one attached hydrogen (secondary N) is 2. The molecule has 1 atom stereocenters. The summed E-state index contributed by atoms with van der Waals surface area (Å²) in [5.74, 6) is 1.20. The van der Waals surface area contributed by atoms with Gasteiger partial charge in [0.2, 0.25) is 11.9 Å². The lowest BCUT2D eigenvalue weighted by molar-refractivity contribution is -0.123. The number of para-hydroxylation sites is 1. The van der Waals surface area contributed by atoms with E-state index in [2.05, 4.69) is 29.0 Å². The highest BCUT2D eigenvalue weighted by Crippen LogP contribution is 2.27. The number of benzene rings is 1. The Balaban J connectivity index is 1.68. The molecule has 1 aromatic carbocycles. The normalized spacial score (nSPS) is 17.4. The van der Waals surface area contributed by atoms with Gasteiger partial charge in [0.1, 0.15) is 6.04 Å². The highest BCUT2D eigenvalue weighted by Gasteiger charge is 2.24. The lowest BCUT2D eigenvalue weighted by atomic mass is 10.1. The summed E-state index contributed by atoms with van der Waals surface area (Å²) < 4.78 is 1.71. The van der Waals surface area contributed by atoms with E-state index < -0.39 is 0 Å². The number of thiophene rings is 1. The molecule has 1 aliphatic rings. The Hall–Kier alpha value is -3.00. The largest absolute Gasteiger partial charge is 0.354 e. The molecule has 0 saturated carbocycles. The number of carbonyl (C=O) groups is 1. The van der Waals surface area contributed by atoms with Gasteiger partial charge in [-0.1, -0.05) is 12.1 Å². The van der Waals surface area contributed by atoms with Gasteiger partial charge in [0, 0.05) is 27.8 Å². The molecule has 2 N–H and O–H groups in total. The topological polar surface area (TPSA) is 84.2 Å². The number of aryl methyl sites for hydroxylation is 1. The van der Waals surface area contributed by atoms with Crippen LogP contribution in [0.2, 0.25) is 0 Å². The number of rotatable bonds is 3. The summed E-state index contributed by atoms with van der Waals surface area (Å²) in [5, 5.41) is 13.9. The third kappa shape index (κ3) is 2.82. The molecule has 8 heteroatoms. The summed E-state index contributed by atoms with van der Waals surface area (Å²) in [7, 11) is 0. The lowest BCUT2D eigenvalue weighted by Gasteiger charge is -2.23. The molecule has 136 valence electrons. The van der Waals surface area contributed by atoms with Crippen molar-refractivity contribution in [2.24, 2.45) is 0 Å². The van der Waals surface area contributed by atoms with Gasteiger partial charge in [-0.3, -0.25) is 4.79 Å². The molecule has 1 fully saturated rings. The summed E-state index contributed by atoms with van der Waals surface area (Å²) in [4.78, 5) is 22.9. The number of fused-ring (bicyclic) bond motifs is 3. The Morgan fingerprint density at radius 2 is 2.19 bits per heavy atom. The van der Waals surface area contributed by atoms with Gasteiger partial charge in [0.15, 0.2) is 11.5 Å². The van der Waals surface area contributed by atoms with Crippen molar-refractivity contribution < 1.29 is 4.79 Å². The smallest absolute Gasteiger partial charge is 0.242 e. The maximum Gasteiger partial charge on any atom is 0.242 e. The van der Waals surface area contributed by atoms with Crippen LogP contribution in [0, 0.1) is 6.92 Å². The van der Waals surface area contributed by atoms with Crippen molar-refractivity contribution >= 4 is 39.7 Å². The molecule has 0 bridgehead atoms. The third-order valence-corrected chi connectivity index (χ3v) is 5.62. The number of nitrogens with zero attached hydrogens (tertiary/aromatic N) is 4. The number of anilines is 1. The zero-order valence-electron chi connectivity index (χ0n) is 14.8. The van der Waals surface area contributed by atoms with Gasteiger partial charge < -0.3 is 10.6 Å². The van der Waals surface area contributed by atoms with E-state index in [4.69, 9.17) is 15.1 Å². The molecule has 0 spiro atoms. The minimum Gasteiger partial charge on any atom is -0.354 e. The van der Waals surface area contributed by atoms with Crippen LogP contribution in [0.3, 0.4) is 0 Å². The summed E-state index contributed by atoms with van der Waals surface area (Å²) in [6.45, 7) is 2.79. The lowest BCUT2D eigenvalue weighted by Crippen LogP contribution is -2.44. The SMILES string of the molecule is Cc1cc(-c2nc3c4ccccc4nc(N[C@@H]4CCCNC4=O)n3n2)cs1. The van der Waals surface area contributed by atoms with Crippen LogP contribution >= 0.6 is 11.3 Å². The minimum atomic E-state index is -0.313. The fourth-order valence-corrected chi connectivity index (χ4v) is 4.08. The zero-order valence-corrected chi connectivity index (χ0v) is 15.6. The van der Waals surface area contributed by atoms with E-state index in [-0.39, 0.29) is 11.9 Å². The quantitative estimate of drug-likeness (QED) is 0.572. The van der Waals surface area contributed by atoms with Crippen molar-refractivity contribution in [1.82, 2.24) is 24.9 Å². The first-order valence-electron chi connectivity index (χ1n) is 8.94. The van der Waals surface area contributed by atoms with Crippen LogP contribution in [0.5, 0.6) is 0 Å². The van der Waals surface area contributed by atoms with Crippen LogP contribution in [0.15, 0.2) is 35.7 Å². The fraction of sp³-hybridized carbons (Fsp3) is 0.263. The van der Waals surface area contributed by atoms with Crippen molar-refractivity contribution in [3.63, 3.8) is 0 Å². The van der Waals surface area contributed by atoms with E-state index in [1.165, 1.54) is 4.88 Å². The molecule has 0 aliphatic carbocycles. The second-order valence-corrected chi connectivity index (χ2v) is 7.81. The van der Waals surface area contributed by atoms with Gasteiger partial charge in [-0.25, -0.2) is 9.97 Å². The first-order valence-corrected chi connectivity index (χ1v) is 9.82. The van der Waals surface area contributed by atoms with Crippen molar-refractivity contribution in [3.05, 3.63) is 40.6 Å². The standard InChI is InChI=1S/C19H18N6OS/c1-11-9-12(10-27-11)16-23-17-13-5-2-3-6-14(13)21-19(25(17)24-16)22-15-7-4-8-20-18(15)26/h2-3,5-6,9-10,15H,4,7-8H2,1H3,(H,20,26)(H,21,22)/t15-/m1/s1. The molecule has 5 rings (SSSR count). The van der Waals surface area contributed by atoms with Crippen LogP contribution in [0.4, 0.5) is 5.95 Å². The predicted octanol–water partition coefficient (Wildman–Crippen LogP) is 3.00. The number of piperidine rings is 1. The molecule has 7 nitrogen and oxygen atoms in total. The number of hydrogen-bond acceptors (Lipinski definition) is 6. The van der Waals surface area contributed by atoms with Crippen molar-refractivity contribution in [1.29, 1.82) is 0 Å². The first-order chi connectivity index (χ1) is 13.2. The van der Waals surface area contributed by atoms with Crippen LogP contribution in [-0.2, 0) is 4.79 Å². The van der Waals surface area contributed by atoms with Gasteiger partial charge in [0.05, 0.1) is 5.52 Å². The Labute approximate surface area is 159 Å². The molecule has 3 aromatic heterocycles. The fourth-order valence-electron chi connectivity index (χ4n) is 3.40. The van der Waals surface area contributed by atoms with Crippen LogP contribution in [0.25, 0.3) is 27.9 Å². The number of aromatic nitrogens is 4. The number of carbonyl (C=O) groups excluding carboxylic acids is 1. The van der Waals surface area contributed by atoms with E-state index in [9.17, 15) is 4.79 Å². The second-order valence-electron chi connectivity index (χ2n) is 6.70. The summed E-state index contributed by atoms with van der Waals surface area (Å²) in [6.07, 6.45) is 1.71. The highest BCUT2D eigenvalue weighted by atomic mass is 32.1. The zero-order chi connectivity index (χ0) is 18.4. The van der Waals surface area contributed by atoms with E-state index in [0.717, 1.165) is 41.5 Å². The molecule has 1 saturated heterocycles. The molecular formula is C19H18N6OS. The average Bonchev–Trinajstić information content (AvgIpc) is 3.30. The van der Waals surface area contributed by atoms with Gasteiger partial charge in [-0.05, 0) is 38.0 Å². The van der Waals surface area contributed by atoms with Crippen LogP contribution in [0.1, 0.15) is 17.7 Å². The first kappa shape index (κ1) is 16.2. The van der Waals surface area contributed by atoms with Gasteiger partial charge >= 0.3 is 0 Å². The second kappa shape index (κ2) is 6.31. The number of amides is 1. The molecule has 0 unspecified atom stereocenters. The minimum absolute atomic E-state index is 0.00171. The van der Waals surface area contributed by atoms with E-state index in [1.807, 2.05) is 24.3 Å². The van der Waals surface area contributed by atoms with Gasteiger partial charge in [-0.2, -0.15) is 4.52 Å². The molecular weight excluding hydrogens is 360 g/mol. The van der Waals surface area contributed by atoms with Crippen LogP contribution < -0.4 is 10.6 Å². The molecule has 4 heterocycles. The van der Waals surface area contributed by atoms with Crippen molar-refractivity contribution in [2.75, 3.05) is 11.9 Å². The monoisotopic (exact) mass is 378 g/mol. The van der Waals surface area contributed by atoms with E-state index >= 15 is 0 Å². The van der Waals surface area contributed by atoms with E-state index in [0.29, 0.717) is 11.8 Å². The summed E-state index contributed by atoms with van der Waals surface area (Å²) >= 11 is 1.67. The predicted molar refractivity (Wildman–Crippen MR) is 106 cm³/mol. The maximum absolute atomic E-state index is 12.2. The third-order valence-electron chi connectivity index (χ3n) is 4.76.